The van der Waals surface area contributed by atoms with E-state index in [1.807, 2.05) is 30.1 Å². The summed E-state index contributed by atoms with van der Waals surface area (Å²) in [5, 5.41) is 0. The van der Waals surface area contributed by atoms with Crippen molar-refractivity contribution in [2.24, 2.45) is 5.73 Å². The second-order valence-corrected chi connectivity index (χ2v) is 3.91. The van der Waals surface area contributed by atoms with Gasteiger partial charge < -0.3 is 16.4 Å². The van der Waals surface area contributed by atoms with Gasteiger partial charge in [-0.3, -0.25) is 9.78 Å². The number of pyridine rings is 1. The molecule has 0 unspecified atom stereocenters. The van der Waals surface area contributed by atoms with E-state index in [2.05, 4.69) is 4.98 Å². The molecule has 92 valence electrons. The SMILES string of the molecule is CN(c1cccnc1)c1ccc(N)c(C(N)=O)c1. The Labute approximate surface area is 105 Å². The van der Waals surface area contributed by atoms with Crippen molar-refractivity contribution in [1.82, 2.24) is 4.98 Å². The molecule has 0 aliphatic heterocycles. The molecule has 0 spiro atoms. The van der Waals surface area contributed by atoms with Crippen molar-refractivity contribution in [3.05, 3.63) is 48.3 Å². The molecule has 1 amide bonds. The van der Waals surface area contributed by atoms with Gasteiger partial charge in [0.1, 0.15) is 0 Å². The topological polar surface area (TPSA) is 85.2 Å². The number of benzene rings is 1. The maximum Gasteiger partial charge on any atom is 0.250 e. The molecule has 0 bridgehead atoms. The predicted molar refractivity (Wildman–Crippen MR) is 71.7 cm³/mol. The Morgan fingerprint density at radius 2 is 2.06 bits per heavy atom. The highest BCUT2D eigenvalue weighted by Gasteiger charge is 2.10. The third-order valence-corrected chi connectivity index (χ3v) is 2.72. The fourth-order valence-corrected chi connectivity index (χ4v) is 1.67. The van der Waals surface area contributed by atoms with E-state index in [1.54, 1.807) is 24.5 Å². The van der Waals surface area contributed by atoms with Crippen LogP contribution in [-0.2, 0) is 0 Å². The average Bonchev–Trinajstić information content (AvgIpc) is 2.39. The van der Waals surface area contributed by atoms with Gasteiger partial charge in [0.05, 0.1) is 17.4 Å². The normalized spacial score (nSPS) is 10.1. The molecule has 2 aromatic rings. The van der Waals surface area contributed by atoms with Gasteiger partial charge in [0.15, 0.2) is 0 Å². The number of amides is 1. The first-order valence-electron chi connectivity index (χ1n) is 5.42. The number of hydrogen-bond donors (Lipinski definition) is 2. The van der Waals surface area contributed by atoms with Crippen LogP contribution in [0.1, 0.15) is 10.4 Å². The van der Waals surface area contributed by atoms with Crippen molar-refractivity contribution in [1.29, 1.82) is 0 Å². The number of carbonyl (C=O) groups is 1. The Morgan fingerprint density at radius 1 is 1.28 bits per heavy atom. The molecule has 0 aliphatic rings. The monoisotopic (exact) mass is 242 g/mol. The van der Waals surface area contributed by atoms with E-state index >= 15 is 0 Å². The van der Waals surface area contributed by atoms with Crippen LogP contribution in [0, 0.1) is 0 Å². The summed E-state index contributed by atoms with van der Waals surface area (Å²) in [5.74, 6) is -0.533. The summed E-state index contributed by atoms with van der Waals surface area (Å²) in [7, 11) is 1.88. The lowest BCUT2D eigenvalue weighted by Gasteiger charge is -2.19. The largest absolute Gasteiger partial charge is 0.398 e. The molecule has 1 heterocycles. The second-order valence-electron chi connectivity index (χ2n) is 3.91. The van der Waals surface area contributed by atoms with E-state index in [9.17, 15) is 4.79 Å². The van der Waals surface area contributed by atoms with Gasteiger partial charge in [-0.2, -0.15) is 0 Å². The van der Waals surface area contributed by atoms with Crippen LogP contribution in [0.3, 0.4) is 0 Å². The standard InChI is InChI=1S/C13H14N4O/c1-17(10-3-2-6-16-8-10)9-4-5-12(14)11(7-9)13(15)18/h2-8H,14H2,1H3,(H2,15,18). The Morgan fingerprint density at radius 3 is 2.67 bits per heavy atom. The first-order chi connectivity index (χ1) is 8.59. The average molecular weight is 242 g/mol. The minimum absolute atomic E-state index is 0.322. The van der Waals surface area contributed by atoms with Gasteiger partial charge in [-0.1, -0.05) is 0 Å². The first kappa shape index (κ1) is 11.9. The van der Waals surface area contributed by atoms with Crippen LogP contribution < -0.4 is 16.4 Å². The molecule has 0 atom stereocenters. The van der Waals surface area contributed by atoms with Crippen LogP contribution >= 0.6 is 0 Å². The van der Waals surface area contributed by atoms with Crippen molar-refractivity contribution >= 4 is 23.0 Å². The molecule has 4 N–H and O–H groups in total. The molecule has 0 saturated carbocycles. The number of carbonyl (C=O) groups excluding carboxylic acids is 1. The van der Waals surface area contributed by atoms with Crippen LogP contribution in [0.15, 0.2) is 42.7 Å². The minimum Gasteiger partial charge on any atom is -0.398 e. The highest BCUT2D eigenvalue weighted by Crippen LogP contribution is 2.25. The predicted octanol–water partition coefficient (Wildman–Crippen LogP) is 1.53. The maximum atomic E-state index is 11.2. The lowest BCUT2D eigenvalue weighted by molar-refractivity contribution is 0.100. The van der Waals surface area contributed by atoms with Gasteiger partial charge >= 0.3 is 0 Å². The molecule has 5 nitrogen and oxygen atoms in total. The number of anilines is 3. The maximum absolute atomic E-state index is 11.2. The molecule has 0 aliphatic carbocycles. The van der Waals surface area contributed by atoms with E-state index in [4.69, 9.17) is 11.5 Å². The smallest absolute Gasteiger partial charge is 0.250 e. The number of nitrogen functional groups attached to an aromatic ring is 1. The summed E-state index contributed by atoms with van der Waals surface area (Å²) in [6.45, 7) is 0. The van der Waals surface area contributed by atoms with Crippen LogP contribution in [0.5, 0.6) is 0 Å². The van der Waals surface area contributed by atoms with Crippen LogP contribution in [0.25, 0.3) is 0 Å². The zero-order chi connectivity index (χ0) is 13.1. The molecule has 1 aromatic carbocycles. The Bertz CT molecular complexity index is 568. The van der Waals surface area contributed by atoms with Crippen molar-refractivity contribution in [2.45, 2.75) is 0 Å². The van der Waals surface area contributed by atoms with Gasteiger partial charge in [0.25, 0.3) is 5.91 Å². The molecule has 1 aromatic heterocycles. The zero-order valence-corrected chi connectivity index (χ0v) is 10.00. The number of hydrogen-bond acceptors (Lipinski definition) is 4. The summed E-state index contributed by atoms with van der Waals surface area (Å²) in [4.78, 5) is 17.2. The highest BCUT2D eigenvalue weighted by atomic mass is 16.1. The number of primary amides is 1. The van der Waals surface area contributed by atoms with Crippen molar-refractivity contribution in [3.8, 4) is 0 Å². The van der Waals surface area contributed by atoms with E-state index in [1.165, 1.54) is 0 Å². The quantitative estimate of drug-likeness (QED) is 0.799. The summed E-state index contributed by atoms with van der Waals surface area (Å²) in [5.41, 5.74) is 13.4. The fourth-order valence-electron chi connectivity index (χ4n) is 1.67. The lowest BCUT2D eigenvalue weighted by Crippen LogP contribution is -2.16. The number of nitrogens with zero attached hydrogens (tertiary/aromatic N) is 2. The second kappa shape index (κ2) is 4.75. The van der Waals surface area contributed by atoms with Gasteiger partial charge in [0, 0.05) is 24.6 Å². The summed E-state index contributed by atoms with van der Waals surface area (Å²) >= 11 is 0. The molecule has 18 heavy (non-hydrogen) atoms. The van der Waals surface area contributed by atoms with E-state index < -0.39 is 5.91 Å². The molecule has 2 rings (SSSR count). The molecule has 0 fully saturated rings. The number of aromatic nitrogens is 1. The Hall–Kier alpha value is -2.56. The highest BCUT2D eigenvalue weighted by molar-refractivity contribution is 5.99. The summed E-state index contributed by atoms with van der Waals surface area (Å²) in [6, 6.07) is 8.94. The number of rotatable bonds is 3. The minimum atomic E-state index is -0.533. The summed E-state index contributed by atoms with van der Waals surface area (Å²) < 4.78 is 0. The molecular weight excluding hydrogens is 228 g/mol. The van der Waals surface area contributed by atoms with Crippen molar-refractivity contribution in [3.63, 3.8) is 0 Å². The van der Waals surface area contributed by atoms with Gasteiger partial charge in [-0.05, 0) is 30.3 Å². The Kier molecular flexibility index (Phi) is 3.14. The third kappa shape index (κ3) is 2.24. The summed E-state index contributed by atoms with van der Waals surface area (Å²) in [6.07, 6.45) is 3.44. The fraction of sp³-hybridized carbons (Fsp3) is 0.0769. The van der Waals surface area contributed by atoms with E-state index in [0.29, 0.717) is 11.3 Å². The Balaban J connectivity index is 2.40. The van der Waals surface area contributed by atoms with Gasteiger partial charge in [0.2, 0.25) is 0 Å². The van der Waals surface area contributed by atoms with Gasteiger partial charge in [-0.25, -0.2) is 0 Å². The van der Waals surface area contributed by atoms with Crippen LogP contribution in [0.4, 0.5) is 17.1 Å². The number of nitrogens with two attached hydrogens (primary N) is 2. The molecule has 0 radical (unpaired) electrons. The van der Waals surface area contributed by atoms with E-state index in [0.717, 1.165) is 11.4 Å². The van der Waals surface area contributed by atoms with Crippen LogP contribution in [0.2, 0.25) is 0 Å². The van der Waals surface area contributed by atoms with Crippen LogP contribution in [-0.4, -0.2) is 17.9 Å². The molecule has 0 saturated heterocycles. The van der Waals surface area contributed by atoms with Crippen molar-refractivity contribution < 1.29 is 4.79 Å². The zero-order valence-electron chi connectivity index (χ0n) is 10.00. The third-order valence-electron chi connectivity index (χ3n) is 2.72. The molecular formula is C13H14N4O. The first-order valence-corrected chi connectivity index (χ1v) is 5.42. The van der Waals surface area contributed by atoms with E-state index in [-0.39, 0.29) is 0 Å². The van der Waals surface area contributed by atoms with Crippen molar-refractivity contribution in [2.75, 3.05) is 17.7 Å². The van der Waals surface area contributed by atoms with Gasteiger partial charge in [-0.15, -0.1) is 0 Å². The molecule has 5 heteroatoms. The lowest BCUT2D eigenvalue weighted by atomic mass is 10.1.